The van der Waals surface area contributed by atoms with Gasteiger partial charge in [-0.2, -0.15) is 0 Å². The number of amides is 2. The molecule has 31 heavy (non-hydrogen) atoms. The molecule has 2 aromatic rings. The second-order valence-corrected chi connectivity index (χ2v) is 7.86. The standard InChI is InChI=1S/C25H29N3O3/c1-2-31-22-12-10-21(11-13-22)28-24(29)19-23(25(28)30)27-17-15-26(16-18-27)14-6-9-20-7-4-3-5-8-20/h3-13,23H,2,14-19H2,1H3/b9-6+/t23-/m0/s1. The van der Waals surface area contributed by atoms with Crippen LogP contribution in [0.25, 0.3) is 6.08 Å². The molecule has 0 saturated carbocycles. The summed E-state index contributed by atoms with van der Waals surface area (Å²) in [6.07, 6.45) is 4.57. The Morgan fingerprint density at radius 1 is 0.968 bits per heavy atom. The van der Waals surface area contributed by atoms with Crippen LogP contribution < -0.4 is 9.64 Å². The Kier molecular flexibility index (Phi) is 6.79. The summed E-state index contributed by atoms with van der Waals surface area (Å²) in [6, 6.07) is 17.1. The number of benzene rings is 2. The predicted octanol–water partition coefficient (Wildman–Crippen LogP) is 3.05. The van der Waals surface area contributed by atoms with Crippen LogP contribution in [0, 0.1) is 0 Å². The van der Waals surface area contributed by atoms with E-state index in [9.17, 15) is 9.59 Å². The molecule has 0 aliphatic carbocycles. The normalized spacial score (nSPS) is 20.7. The van der Waals surface area contributed by atoms with Crippen molar-refractivity contribution in [3.63, 3.8) is 0 Å². The average molecular weight is 420 g/mol. The Hall–Kier alpha value is -2.96. The molecule has 0 spiro atoms. The van der Waals surface area contributed by atoms with Gasteiger partial charge in [0.05, 0.1) is 24.8 Å². The highest BCUT2D eigenvalue weighted by atomic mass is 16.5. The van der Waals surface area contributed by atoms with Crippen molar-refractivity contribution < 1.29 is 14.3 Å². The van der Waals surface area contributed by atoms with Crippen molar-refractivity contribution in [1.29, 1.82) is 0 Å². The molecule has 2 fully saturated rings. The van der Waals surface area contributed by atoms with Crippen molar-refractivity contribution in [2.45, 2.75) is 19.4 Å². The Balaban J connectivity index is 1.31. The van der Waals surface area contributed by atoms with Gasteiger partial charge in [0, 0.05) is 32.7 Å². The number of carbonyl (C=O) groups is 2. The van der Waals surface area contributed by atoms with Crippen LogP contribution in [0.5, 0.6) is 5.75 Å². The van der Waals surface area contributed by atoms with Crippen molar-refractivity contribution >= 4 is 23.6 Å². The lowest BCUT2D eigenvalue weighted by atomic mass is 10.1. The molecule has 2 aliphatic heterocycles. The van der Waals surface area contributed by atoms with Crippen molar-refractivity contribution in [2.24, 2.45) is 0 Å². The average Bonchev–Trinajstić information content (AvgIpc) is 3.10. The predicted molar refractivity (Wildman–Crippen MR) is 122 cm³/mol. The maximum absolute atomic E-state index is 13.0. The summed E-state index contributed by atoms with van der Waals surface area (Å²) in [6.45, 7) is 6.75. The zero-order valence-electron chi connectivity index (χ0n) is 17.9. The van der Waals surface area contributed by atoms with E-state index < -0.39 is 0 Å². The van der Waals surface area contributed by atoms with Gasteiger partial charge in [0.15, 0.2) is 0 Å². The number of nitrogens with zero attached hydrogens (tertiary/aromatic N) is 3. The Bertz CT molecular complexity index is 919. The Morgan fingerprint density at radius 3 is 2.35 bits per heavy atom. The molecule has 6 heteroatoms. The molecule has 2 heterocycles. The zero-order valence-corrected chi connectivity index (χ0v) is 17.9. The number of hydrogen-bond donors (Lipinski definition) is 0. The van der Waals surface area contributed by atoms with E-state index in [1.54, 1.807) is 24.3 Å². The van der Waals surface area contributed by atoms with Crippen LogP contribution in [0.4, 0.5) is 5.69 Å². The van der Waals surface area contributed by atoms with E-state index in [-0.39, 0.29) is 24.3 Å². The fraction of sp³-hybridized carbons (Fsp3) is 0.360. The third kappa shape index (κ3) is 5.03. The van der Waals surface area contributed by atoms with Gasteiger partial charge >= 0.3 is 0 Å². The molecule has 1 atom stereocenters. The van der Waals surface area contributed by atoms with E-state index in [2.05, 4.69) is 34.1 Å². The van der Waals surface area contributed by atoms with E-state index >= 15 is 0 Å². The van der Waals surface area contributed by atoms with Crippen LogP contribution in [-0.4, -0.2) is 67.0 Å². The molecule has 0 N–H and O–H groups in total. The van der Waals surface area contributed by atoms with Gasteiger partial charge in [0.25, 0.3) is 5.91 Å². The quantitative estimate of drug-likeness (QED) is 0.646. The lowest BCUT2D eigenvalue weighted by Gasteiger charge is -2.36. The molecule has 0 unspecified atom stereocenters. The first-order valence-electron chi connectivity index (χ1n) is 10.9. The van der Waals surface area contributed by atoms with E-state index in [0.717, 1.165) is 38.5 Å². The Labute approximate surface area is 183 Å². The van der Waals surface area contributed by atoms with Gasteiger partial charge in [-0.05, 0) is 36.8 Å². The molecule has 6 nitrogen and oxygen atoms in total. The van der Waals surface area contributed by atoms with Crippen LogP contribution in [0.1, 0.15) is 18.9 Å². The highest BCUT2D eigenvalue weighted by Gasteiger charge is 2.43. The molecule has 2 aliphatic rings. The lowest BCUT2D eigenvalue weighted by molar-refractivity contribution is -0.123. The highest BCUT2D eigenvalue weighted by molar-refractivity contribution is 6.22. The molecule has 0 radical (unpaired) electrons. The van der Waals surface area contributed by atoms with Gasteiger partial charge < -0.3 is 4.74 Å². The second kappa shape index (κ2) is 9.90. The maximum Gasteiger partial charge on any atom is 0.251 e. The van der Waals surface area contributed by atoms with Gasteiger partial charge in [-0.15, -0.1) is 0 Å². The molecule has 2 aromatic carbocycles. The monoisotopic (exact) mass is 419 g/mol. The zero-order chi connectivity index (χ0) is 21.6. The molecule has 0 bridgehead atoms. The second-order valence-electron chi connectivity index (χ2n) is 7.86. The lowest BCUT2D eigenvalue weighted by Crippen LogP contribution is -2.52. The summed E-state index contributed by atoms with van der Waals surface area (Å²) in [7, 11) is 0. The largest absolute Gasteiger partial charge is 0.494 e. The molecular weight excluding hydrogens is 390 g/mol. The maximum atomic E-state index is 13.0. The molecule has 0 aromatic heterocycles. The summed E-state index contributed by atoms with van der Waals surface area (Å²) in [5.74, 6) is 0.485. The minimum absolute atomic E-state index is 0.119. The van der Waals surface area contributed by atoms with Gasteiger partial charge in [0.2, 0.25) is 5.91 Å². The first kappa shape index (κ1) is 21.3. The number of piperazine rings is 1. The minimum Gasteiger partial charge on any atom is -0.494 e. The number of ether oxygens (including phenoxy) is 1. The molecule has 2 amide bonds. The van der Waals surface area contributed by atoms with Crippen LogP contribution in [0.3, 0.4) is 0 Å². The smallest absolute Gasteiger partial charge is 0.251 e. The molecule has 162 valence electrons. The summed E-state index contributed by atoms with van der Waals surface area (Å²) < 4.78 is 5.45. The first-order chi connectivity index (χ1) is 15.2. The van der Waals surface area contributed by atoms with E-state index in [1.165, 1.54) is 10.5 Å². The van der Waals surface area contributed by atoms with Gasteiger partial charge in [-0.3, -0.25) is 19.4 Å². The van der Waals surface area contributed by atoms with E-state index in [0.29, 0.717) is 12.3 Å². The SMILES string of the molecule is CCOc1ccc(N2C(=O)C[C@H](N3CCN(C/C=C/c4ccccc4)CC3)C2=O)cc1. The van der Waals surface area contributed by atoms with Gasteiger partial charge in [-0.1, -0.05) is 42.5 Å². The third-order valence-electron chi connectivity index (χ3n) is 5.85. The van der Waals surface area contributed by atoms with Crippen molar-refractivity contribution in [3.05, 3.63) is 66.2 Å². The summed E-state index contributed by atoms with van der Waals surface area (Å²) >= 11 is 0. The topological polar surface area (TPSA) is 53.1 Å². The van der Waals surface area contributed by atoms with E-state index in [1.807, 2.05) is 25.1 Å². The number of hydrogen-bond acceptors (Lipinski definition) is 5. The van der Waals surface area contributed by atoms with Crippen LogP contribution in [0.15, 0.2) is 60.7 Å². The van der Waals surface area contributed by atoms with Crippen molar-refractivity contribution in [3.8, 4) is 5.75 Å². The molecule has 4 rings (SSSR count). The van der Waals surface area contributed by atoms with Crippen LogP contribution in [-0.2, 0) is 9.59 Å². The van der Waals surface area contributed by atoms with Crippen molar-refractivity contribution in [2.75, 3.05) is 44.2 Å². The number of carbonyl (C=O) groups excluding carboxylic acids is 2. The minimum atomic E-state index is -0.360. The Morgan fingerprint density at radius 2 is 1.68 bits per heavy atom. The fourth-order valence-corrected chi connectivity index (χ4v) is 4.19. The summed E-state index contributed by atoms with van der Waals surface area (Å²) in [4.78, 5) is 31.5. The molecule has 2 saturated heterocycles. The van der Waals surface area contributed by atoms with Crippen LogP contribution >= 0.6 is 0 Å². The third-order valence-corrected chi connectivity index (χ3v) is 5.85. The summed E-state index contributed by atoms with van der Waals surface area (Å²) in [5, 5.41) is 0. The fourth-order valence-electron chi connectivity index (χ4n) is 4.19. The highest BCUT2D eigenvalue weighted by Crippen LogP contribution is 2.28. The summed E-state index contributed by atoms with van der Waals surface area (Å²) in [5.41, 5.74) is 1.82. The number of rotatable bonds is 7. The number of imide groups is 1. The van der Waals surface area contributed by atoms with Crippen LogP contribution in [0.2, 0.25) is 0 Å². The van der Waals surface area contributed by atoms with Gasteiger partial charge in [0.1, 0.15) is 5.75 Å². The number of anilines is 1. The van der Waals surface area contributed by atoms with E-state index in [4.69, 9.17) is 4.74 Å². The first-order valence-corrected chi connectivity index (χ1v) is 10.9. The van der Waals surface area contributed by atoms with Crippen molar-refractivity contribution in [1.82, 2.24) is 9.80 Å². The van der Waals surface area contributed by atoms with Gasteiger partial charge in [-0.25, -0.2) is 4.90 Å². The molecular formula is C25H29N3O3.